The van der Waals surface area contributed by atoms with Gasteiger partial charge >= 0.3 is 0 Å². The van der Waals surface area contributed by atoms with Crippen molar-refractivity contribution >= 4 is 11.6 Å². The molecule has 1 N–H and O–H groups in total. The molecule has 0 aliphatic carbocycles. The van der Waals surface area contributed by atoms with Crippen molar-refractivity contribution in [3.63, 3.8) is 0 Å². The zero-order chi connectivity index (χ0) is 19.4. The van der Waals surface area contributed by atoms with E-state index in [1.54, 1.807) is 14.2 Å². The second-order valence-corrected chi connectivity index (χ2v) is 7.04. The number of nitrogens with zero attached hydrogens (tertiary/aromatic N) is 1. The van der Waals surface area contributed by atoms with Crippen molar-refractivity contribution in [2.24, 2.45) is 0 Å². The van der Waals surface area contributed by atoms with Gasteiger partial charge in [0.15, 0.2) is 11.5 Å². The molecule has 0 atom stereocenters. The van der Waals surface area contributed by atoms with Crippen LogP contribution in [0, 0.1) is 13.8 Å². The predicted octanol–water partition coefficient (Wildman–Crippen LogP) is 3.71. The summed E-state index contributed by atoms with van der Waals surface area (Å²) in [5, 5.41) is 3.39. The summed E-state index contributed by atoms with van der Waals surface area (Å²) in [6.07, 6.45) is 1.32. The lowest BCUT2D eigenvalue weighted by molar-refractivity contribution is -0.131. The first-order chi connectivity index (χ1) is 13.0. The molecule has 0 unspecified atom stereocenters. The normalized spacial score (nSPS) is 13.1. The maximum absolute atomic E-state index is 12.7. The first-order valence-electron chi connectivity index (χ1n) is 9.34. The summed E-state index contributed by atoms with van der Waals surface area (Å²) in [5.41, 5.74) is 5.87. The Bertz CT molecular complexity index is 833. The van der Waals surface area contributed by atoms with Crippen LogP contribution in [0.15, 0.2) is 30.3 Å². The Morgan fingerprint density at radius 2 is 1.78 bits per heavy atom. The molecule has 144 valence electrons. The van der Waals surface area contributed by atoms with Gasteiger partial charge in [-0.05, 0) is 60.7 Å². The minimum absolute atomic E-state index is 0.174. The van der Waals surface area contributed by atoms with Crippen molar-refractivity contribution in [1.82, 2.24) is 4.90 Å². The molecule has 0 radical (unpaired) electrons. The largest absolute Gasteiger partial charge is 0.493 e. The summed E-state index contributed by atoms with van der Waals surface area (Å²) >= 11 is 0. The van der Waals surface area contributed by atoms with Crippen LogP contribution < -0.4 is 14.8 Å². The van der Waals surface area contributed by atoms with Crippen molar-refractivity contribution in [1.29, 1.82) is 0 Å². The van der Waals surface area contributed by atoms with Crippen LogP contribution in [0.3, 0.4) is 0 Å². The van der Waals surface area contributed by atoms with Gasteiger partial charge in [-0.25, -0.2) is 0 Å². The molecular formula is C22H28N2O3. The molecule has 27 heavy (non-hydrogen) atoms. The molecule has 0 bridgehead atoms. The molecule has 1 aliphatic heterocycles. The number of rotatable bonds is 6. The number of hydrogen-bond acceptors (Lipinski definition) is 4. The number of carbonyl (C=O) groups excluding carboxylic acids is 1. The highest BCUT2D eigenvalue weighted by atomic mass is 16.5. The molecule has 5 heteroatoms. The molecule has 2 aromatic rings. The first-order valence-corrected chi connectivity index (χ1v) is 9.34. The number of nitrogens with one attached hydrogen (secondary N) is 1. The minimum atomic E-state index is 0.174. The predicted molar refractivity (Wildman–Crippen MR) is 108 cm³/mol. The van der Waals surface area contributed by atoms with Crippen LogP contribution in [0.5, 0.6) is 11.5 Å². The number of ether oxygens (including phenoxy) is 2. The summed E-state index contributed by atoms with van der Waals surface area (Å²) < 4.78 is 10.8. The van der Waals surface area contributed by atoms with Crippen LogP contribution in [-0.4, -0.2) is 38.1 Å². The molecule has 0 spiro atoms. The molecule has 3 rings (SSSR count). The number of aryl methyl sites for hydroxylation is 2. The fourth-order valence-corrected chi connectivity index (χ4v) is 3.48. The van der Waals surface area contributed by atoms with Crippen molar-refractivity contribution in [3.05, 3.63) is 52.6 Å². The highest BCUT2D eigenvalue weighted by molar-refractivity contribution is 5.77. The van der Waals surface area contributed by atoms with E-state index >= 15 is 0 Å². The Morgan fingerprint density at radius 3 is 2.48 bits per heavy atom. The minimum Gasteiger partial charge on any atom is -0.493 e. The van der Waals surface area contributed by atoms with Crippen molar-refractivity contribution in [2.45, 2.75) is 33.2 Å². The van der Waals surface area contributed by atoms with Crippen molar-refractivity contribution in [2.75, 3.05) is 32.6 Å². The van der Waals surface area contributed by atoms with E-state index in [4.69, 9.17) is 9.47 Å². The van der Waals surface area contributed by atoms with Crippen LogP contribution in [0.1, 0.15) is 28.7 Å². The Balaban J connectivity index is 1.60. The topological polar surface area (TPSA) is 50.8 Å². The van der Waals surface area contributed by atoms with Gasteiger partial charge in [0, 0.05) is 31.7 Å². The second kappa shape index (κ2) is 8.33. The molecule has 1 aliphatic rings. The maximum Gasteiger partial charge on any atom is 0.224 e. The molecule has 1 heterocycles. The fraction of sp³-hybridized carbons (Fsp3) is 0.409. The van der Waals surface area contributed by atoms with Gasteiger partial charge in [0.05, 0.1) is 14.2 Å². The number of hydrogen-bond donors (Lipinski definition) is 1. The van der Waals surface area contributed by atoms with E-state index in [1.807, 2.05) is 17.0 Å². The standard InChI is InChI=1S/C22H28N2O3/c1-15-5-6-16(2)19(11-15)23-9-7-22(25)24-10-8-17-12-20(26-3)21(27-4)13-18(17)14-24/h5-6,11-13,23H,7-10,14H2,1-4H3. The van der Waals surface area contributed by atoms with E-state index in [-0.39, 0.29) is 5.91 Å². The fourth-order valence-electron chi connectivity index (χ4n) is 3.48. The average Bonchev–Trinajstić information content (AvgIpc) is 2.68. The lowest BCUT2D eigenvalue weighted by atomic mass is 9.98. The Hall–Kier alpha value is -2.69. The number of methoxy groups -OCH3 is 2. The van der Waals surface area contributed by atoms with Gasteiger partial charge in [-0.2, -0.15) is 0 Å². The quantitative estimate of drug-likeness (QED) is 0.845. The Morgan fingerprint density at radius 1 is 1.07 bits per heavy atom. The summed E-state index contributed by atoms with van der Waals surface area (Å²) in [6, 6.07) is 10.3. The Labute approximate surface area is 161 Å². The van der Waals surface area contributed by atoms with E-state index in [2.05, 4.69) is 37.4 Å². The van der Waals surface area contributed by atoms with Crippen LogP contribution in [0.25, 0.3) is 0 Å². The first kappa shape index (κ1) is 19.1. The third-order valence-electron chi connectivity index (χ3n) is 5.12. The Kier molecular flexibility index (Phi) is 5.89. The average molecular weight is 368 g/mol. The molecule has 5 nitrogen and oxygen atoms in total. The lowest BCUT2D eigenvalue weighted by Gasteiger charge is -2.30. The number of fused-ring (bicyclic) bond motifs is 1. The third-order valence-corrected chi connectivity index (χ3v) is 5.12. The molecule has 0 saturated heterocycles. The number of anilines is 1. The van der Waals surface area contributed by atoms with Crippen LogP contribution in [0.2, 0.25) is 0 Å². The number of benzene rings is 2. The van der Waals surface area contributed by atoms with Gasteiger partial charge in [0.25, 0.3) is 0 Å². The molecule has 0 aromatic heterocycles. The highest BCUT2D eigenvalue weighted by Crippen LogP contribution is 2.33. The SMILES string of the molecule is COc1cc2c(cc1OC)CN(C(=O)CCNc1cc(C)ccc1C)CC2. The van der Waals surface area contributed by atoms with Crippen LogP contribution >= 0.6 is 0 Å². The monoisotopic (exact) mass is 368 g/mol. The molecule has 1 amide bonds. The zero-order valence-electron chi connectivity index (χ0n) is 16.6. The summed E-state index contributed by atoms with van der Waals surface area (Å²) in [6.45, 7) is 6.15. The van der Waals surface area contributed by atoms with Crippen LogP contribution in [0.4, 0.5) is 5.69 Å². The third kappa shape index (κ3) is 4.35. The maximum atomic E-state index is 12.7. The van der Waals surface area contributed by atoms with Gasteiger partial charge < -0.3 is 19.7 Å². The van der Waals surface area contributed by atoms with Gasteiger partial charge in [-0.3, -0.25) is 4.79 Å². The second-order valence-electron chi connectivity index (χ2n) is 7.04. The summed E-state index contributed by atoms with van der Waals surface area (Å²) in [5.74, 6) is 1.63. The molecule has 0 saturated carbocycles. The van der Waals surface area contributed by atoms with Gasteiger partial charge in [0.1, 0.15) is 0 Å². The smallest absolute Gasteiger partial charge is 0.224 e. The van der Waals surface area contributed by atoms with E-state index in [9.17, 15) is 4.79 Å². The summed E-state index contributed by atoms with van der Waals surface area (Å²) in [4.78, 5) is 14.6. The summed E-state index contributed by atoms with van der Waals surface area (Å²) in [7, 11) is 3.28. The molecule has 0 fully saturated rings. The van der Waals surface area contributed by atoms with Crippen molar-refractivity contribution in [3.8, 4) is 11.5 Å². The van der Waals surface area contributed by atoms with Crippen molar-refractivity contribution < 1.29 is 14.3 Å². The van der Waals surface area contributed by atoms with Crippen LogP contribution in [-0.2, 0) is 17.8 Å². The number of amides is 1. The van der Waals surface area contributed by atoms with Gasteiger partial charge in [0.2, 0.25) is 5.91 Å². The van der Waals surface area contributed by atoms with Gasteiger partial charge in [-0.15, -0.1) is 0 Å². The van der Waals surface area contributed by atoms with E-state index in [0.29, 0.717) is 25.3 Å². The molecular weight excluding hydrogens is 340 g/mol. The zero-order valence-corrected chi connectivity index (χ0v) is 16.6. The lowest BCUT2D eigenvalue weighted by Crippen LogP contribution is -2.36. The van der Waals surface area contributed by atoms with E-state index in [1.165, 1.54) is 16.7 Å². The highest BCUT2D eigenvalue weighted by Gasteiger charge is 2.22. The van der Waals surface area contributed by atoms with E-state index in [0.717, 1.165) is 30.0 Å². The van der Waals surface area contributed by atoms with E-state index < -0.39 is 0 Å². The number of carbonyl (C=O) groups is 1. The molecule has 2 aromatic carbocycles. The van der Waals surface area contributed by atoms with Gasteiger partial charge in [-0.1, -0.05) is 12.1 Å².